The van der Waals surface area contributed by atoms with Crippen LogP contribution in [0.4, 0.5) is 4.79 Å². The lowest BCUT2D eigenvalue weighted by molar-refractivity contribution is -0.164. The van der Waals surface area contributed by atoms with Gasteiger partial charge in [0.2, 0.25) is 17.7 Å². The van der Waals surface area contributed by atoms with Crippen molar-refractivity contribution in [3.05, 3.63) is 114 Å². The number of likely N-dealkylation sites (tertiary alicyclic amines) is 3. The number of amides is 4. The van der Waals surface area contributed by atoms with Crippen LogP contribution in [0.5, 0.6) is 0 Å². The Morgan fingerprint density at radius 1 is 0.846 bits per heavy atom. The summed E-state index contributed by atoms with van der Waals surface area (Å²) in [7, 11) is 0. The van der Waals surface area contributed by atoms with E-state index in [0.717, 1.165) is 42.6 Å². The second-order valence-electron chi connectivity index (χ2n) is 14.4. The molecule has 0 aromatic heterocycles. The molecule has 0 saturated carbocycles. The summed E-state index contributed by atoms with van der Waals surface area (Å²) in [4.78, 5) is 63.8. The van der Waals surface area contributed by atoms with Crippen LogP contribution in [-0.2, 0) is 19.1 Å². The average Bonchev–Trinajstić information content (AvgIpc) is 3.57. The molecule has 4 saturated heterocycles. The quantitative estimate of drug-likeness (QED) is 0.262. The van der Waals surface area contributed by atoms with E-state index in [1.165, 1.54) is 29.1 Å². The van der Waals surface area contributed by atoms with Crippen LogP contribution in [0.3, 0.4) is 0 Å². The first-order chi connectivity index (χ1) is 25.4. The third kappa shape index (κ3) is 7.62. The van der Waals surface area contributed by atoms with Crippen molar-refractivity contribution in [3.8, 4) is 0 Å². The van der Waals surface area contributed by atoms with Crippen molar-refractivity contribution in [2.75, 3.05) is 32.8 Å². The Bertz CT molecular complexity index is 1720. The largest absolute Gasteiger partial charge is 0.447 e. The molecule has 10 nitrogen and oxygen atoms in total. The van der Waals surface area contributed by atoms with Gasteiger partial charge in [-0.3, -0.25) is 19.3 Å². The Hall–Kier alpha value is -4.96. The number of nitrogens with one attached hydrogen (secondary N) is 1. The fraction of sp³-hybridized carbons (Fsp3) is 0.429. The van der Waals surface area contributed by atoms with Crippen LogP contribution >= 0.6 is 0 Å². The highest BCUT2D eigenvalue weighted by molar-refractivity contribution is 5.99. The van der Waals surface area contributed by atoms with Gasteiger partial charge in [-0.2, -0.15) is 0 Å². The normalized spacial score (nSPS) is 24.0. The molecule has 3 aromatic carbocycles. The van der Waals surface area contributed by atoms with Gasteiger partial charge >= 0.3 is 6.09 Å². The van der Waals surface area contributed by atoms with Crippen LogP contribution in [0.25, 0.3) is 6.08 Å². The topological polar surface area (TPSA) is 103 Å². The highest BCUT2D eigenvalue weighted by Gasteiger charge is 2.58. The fourth-order valence-electron chi connectivity index (χ4n) is 8.31. The lowest BCUT2D eigenvalue weighted by atomic mass is 9.87. The second-order valence-corrected chi connectivity index (χ2v) is 14.4. The predicted molar refractivity (Wildman–Crippen MR) is 199 cm³/mol. The molecule has 4 amide bonds. The number of hydrogen-bond donors (Lipinski definition) is 1. The van der Waals surface area contributed by atoms with Crippen molar-refractivity contribution in [1.29, 1.82) is 0 Å². The van der Waals surface area contributed by atoms with E-state index in [0.29, 0.717) is 19.1 Å². The monoisotopic (exact) mass is 703 g/mol. The zero-order chi connectivity index (χ0) is 36.0. The molecule has 0 aliphatic carbocycles. The number of benzene rings is 3. The van der Waals surface area contributed by atoms with Crippen LogP contribution in [0.2, 0.25) is 0 Å². The molecule has 0 bridgehead atoms. The molecule has 0 unspecified atom stereocenters. The zero-order valence-electron chi connectivity index (χ0n) is 29.9. The summed E-state index contributed by atoms with van der Waals surface area (Å²) >= 11 is 0. The molecule has 5 atom stereocenters. The molecule has 10 heteroatoms. The summed E-state index contributed by atoms with van der Waals surface area (Å²) in [5.41, 5.74) is 2.69. The minimum absolute atomic E-state index is 0.117. The van der Waals surface area contributed by atoms with E-state index in [9.17, 15) is 19.2 Å². The summed E-state index contributed by atoms with van der Waals surface area (Å²) < 4.78 is 5.54. The predicted octanol–water partition coefficient (Wildman–Crippen LogP) is 5.59. The fourth-order valence-corrected chi connectivity index (χ4v) is 8.31. The first kappa shape index (κ1) is 35.4. The van der Waals surface area contributed by atoms with E-state index in [4.69, 9.17) is 4.74 Å². The Morgan fingerprint density at radius 3 is 2.15 bits per heavy atom. The molecular weight excluding hydrogens is 654 g/mol. The number of piperidine rings is 2. The zero-order valence-corrected chi connectivity index (χ0v) is 29.9. The second kappa shape index (κ2) is 16.2. The maximum absolute atomic E-state index is 14.5. The van der Waals surface area contributed by atoms with Crippen LogP contribution in [-0.4, -0.2) is 100 Å². The van der Waals surface area contributed by atoms with Crippen molar-refractivity contribution >= 4 is 29.9 Å². The van der Waals surface area contributed by atoms with E-state index in [2.05, 4.69) is 10.2 Å². The lowest BCUT2D eigenvalue weighted by Crippen LogP contribution is -2.74. The minimum atomic E-state index is -1.08. The number of β-lactam (4-membered cyclic amide) rings is 1. The Kier molecular flexibility index (Phi) is 11.0. The molecule has 3 aromatic rings. The maximum atomic E-state index is 14.5. The van der Waals surface area contributed by atoms with Gasteiger partial charge in [-0.25, -0.2) is 4.79 Å². The Morgan fingerprint density at radius 2 is 1.48 bits per heavy atom. The Balaban J connectivity index is 1.17. The SMILES string of the molecule is C[C@H](NC(=O)[C@@H](CC(=O)N1CCC(N2CCCCC2)CC1)N1C(=O)[C@@H](N2C(=O)OC[C@@H]2c2ccccc2)[C@H]1/C=C/c1ccccc1)c1ccccc1. The van der Waals surface area contributed by atoms with Gasteiger partial charge in [-0.05, 0) is 62.4 Å². The standard InChI is InChI=1S/C42H49N5O5/c1-30(32-16-8-3-9-17-32)43-40(49)36(28-38(48)45-26-22-34(23-27-45)44-24-12-5-13-25-44)46-35(21-20-31-14-6-2-7-15-31)39(41(46)50)47-37(29-52-42(47)51)33-18-10-4-11-19-33/h2-4,6-11,14-21,30,34-37,39H,5,12-13,22-29H2,1H3,(H,43,49)/b21-20+/t30-,35+,36+,37+,39-/m0/s1. The Labute approximate surface area is 306 Å². The van der Waals surface area contributed by atoms with Gasteiger partial charge in [0.15, 0.2) is 0 Å². The molecule has 4 aliphatic heterocycles. The summed E-state index contributed by atoms with van der Waals surface area (Å²) in [5.74, 6) is -0.928. The van der Waals surface area contributed by atoms with Crippen molar-refractivity contribution in [2.24, 2.45) is 0 Å². The van der Waals surface area contributed by atoms with Crippen molar-refractivity contribution in [2.45, 2.75) is 81.7 Å². The number of cyclic esters (lactones) is 1. The maximum Gasteiger partial charge on any atom is 0.411 e. The number of carbonyl (C=O) groups excluding carboxylic acids is 4. The van der Waals surface area contributed by atoms with Gasteiger partial charge in [0.25, 0.3) is 0 Å². The van der Waals surface area contributed by atoms with Gasteiger partial charge in [0.05, 0.1) is 24.5 Å². The number of ether oxygens (including phenoxy) is 1. The number of carbonyl (C=O) groups is 4. The molecule has 7 rings (SSSR count). The van der Waals surface area contributed by atoms with Gasteiger partial charge in [-0.15, -0.1) is 0 Å². The van der Waals surface area contributed by atoms with Crippen molar-refractivity contribution in [3.63, 3.8) is 0 Å². The van der Waals surface area contributed by atoms with Crippen LogP contribution in [0.1, 0.15) is 74.2 Å². The van der Waals surface area contributed by atoms with E-state index in [1.807, 2.05) is 115 Å². The smallest absolute Gasteiger partial charge is 0.411 e. The summed E-state index contributed by atoms with van der Waals surface area (Å²) in [6, 6.07) is 25.9. The van der Waals surface area contributed by atoms with Crippen molar-refractivity contribution < 1.29 is 23.9 Å². The third-order valence-electron chi connectivity index (χ3n) is 11.2. The minimum Gasteiger partial charge on any atom is -0.447 e. The van der Waals surface area contributed by atoms with Gasteiger partial charge < -0.3 is 24.8 Å². The van der Waals surface area contributed by atoms with E-state index >= 15 is 0 Å². The molecule has 4 aliphatic rings. The first-order valence-electron chi connectivity index (χ1n) is 18.8. The van der Waals surface area contributed by atoms with Crippen LogP contribution < -0.4 is 5.32 Å². The third-order valence-corrected chi connectivity index (χ3v) is 11.2. The van der Waals surface area contributed by atoms with Gasteiger partial charge in [-0.1, -0.05) is 110 Å². The molecule has 272 valence electrons. The summed E-state index contributed by atoms with van der Waals surface area (Å²) in [5, 5.41) is 3.11. The number of hydrogen-bond acceptors (Lipinski definition) is 6. The molecule has 52 heavy (non-hydrogen) atoms. The summed E-state index contributed by atoms with van der Waals surface area (Å²) in [6.45, 7) is 5.50. The van der Waals surface area contributed by atoms with Crippen LogP contribution in [0, 0.1) is 0 Å². The molecule has 0 radical (unpaired) electrons. The lowest BCUT2D eigenvalue weighted by Gasteiger charge is -2.52. The van der Waals surface area contributed by atoms with Crippen LogP contribution in [0.15, 0.2) is 97.1 Å². The highest BCUT2D eigenvalue weighted by atomic mass is 16.6. The van der Waals surface area contributed by atoms with E-state index in [-0.39, 0.29) is 30.9 Å². The van der Waals surface area contributed by atoms with E-state index in [1.54, 1.807) is 0 Å². The van der Waals surface area contributed by atoms with Crippen molar-refractivity contribution in [1.82, 2.24) is 24.9 Å². The molecule has 4 fully saturated rings. The first-order valence-corrected chi connectivity index (χ1v) is 18.8. The van der Waals surface area contributed by atoms with Gasteiger partial charge in [0.1, 0.15) is 18.7 Å². The highest BCUT2D eigenvalue weighted by Crippen LogP contribution is 2.39. The average molecular weight is 704 g/mol. The molecule has 0 spiro atoms. The molecule has 1 N–H and O–H groups in total. The number of rotatable bonds is 11. The molecular formula is C42H49N5O5. The van der Waals surface area contributed by atoms with Gasteiger partial charge in [0, 0.05) is 19.1 Å². The van der Waals surface area contributed by atoms with E-state index < -0.39 is 36.2 Å². The molecule has 4 heterocycles. The number of nitrogens with zero attached hydrogens (tertiary/aromatic N) is 4. The summed E-state index contributed by atoms with van der Waals surface area (Å²) in [6.07, 6.45) is 8.60.